The Bertz CT molecular complexity index is 268. The van der Waals surface area contributed by atoms with Crippen molar-refractivity contribution in [3.63, 3.8) is 0 Å². The molecule has 2 N–H and O–H groups in total. The third kappa shape index (κ3) is 1.65. The Morgan fingerprint density at radius 3 is 2.82 bits per heavy atom. The van der Waals surface area contributed by atoms with Gasteiger partial charge in [-0.1, -0.05) is 12.6 Å². The largest absolute Gasteiger partial charge is 0.326 e. The van der Waals surface area contributed by atoms with E-state index >= 15 is 0 Å². The van der Waals surface area contributed by atoms with Crippen LogP contribution < -0.4 is 5.73 Å². The van der Waals surface area contributed by atoms with Gasteiger partial charge in [-0.3, -0.25) is 0 Å². The number of halogens is 1. The maximum absolute atomic E-state index is 12.6. The maximum Gasteiger partial charge on any atom is 0.123 e. The van der Waals surface area contributed by atoms with Gasteiger partial charge < -0.3 is 5.73 Å². The summed E-state index contributed by atoms with van der Waals surface area (Å²) >= 11 is 0. The molecule has 0 atom stereocenters. The molecule has 0 unspecified atom stereocenters. The molecule has 2 heteroatoms. The van der Waals surface area contributed by atoms with Crippen molar-refractivity contribution < 1.29 is 4.39 Å². The zero-order valence-corrected chi connectivity index (χ0v) is 6.10. The molecule has 0 fully saturated rings. The van der Waals surface area contributed by atoms with Crippen molar-refractivity contribution in [1.29, 1.82) is 0 Å². The molecule has 1 aromatic rings. The summed E-state index contributed by atoms with van der Waals surface area (Å²) in [5.41, 5.74) is 6.87. The summed E-state index contributed by atoms with van der Waals surface area (Å²) in [6, 6.07) is 4.38. The highest BCUT2D eigenvalue weighted by molar-refractivity contribution is 5.31. The standard InChI is InChI=1S/C9H9FN/c1-2-7-3-4-9(10)5-8(7)6-11/h3-5H,1,6,11H2. The highest BCUT2D eigenvalue weighted by Crippen LogP contribution is 2.09. The molecule has 0 amide bonds. The second kappa shape index (κ2) is 3.30. The van der Waals surface area contributed by atoms with Gasteiger partial charge in [0.15, 0.2) is 0 Å². The van der Waals surface area contributed by atoms with Crippen LogP contribution in [0.5, 0.6) is 0 Å². The molecule has 1 radical (unpaired) electrons. The molecule has 0 aliphatic carbocycles. The van der Waals surface area contributed by atoms with Crippen molar-refractivity contribution in [3.05, 3.63) is 47.8 Å². The Balaban J connectivity index is 3.16. The fourth-order valence-electron chi connectivity index (χ4n) is 0.904. The Hall–Kier alpha value is -1.15. The zero-order valence-electron chi connectivity index (χ0n) is 6.10. The number of benzene rings is 1. The average molecular weight is 150 g/mol. The van der Waals surface area contributed by atoms with E-state index in [9.17, 15) is 4.39 Å². The summed E-state index contributed by atoms with van der Waals surface area (Å²) < 4.78 is 12.6. The van der Waals surface area contributed by atoms with Crippen LogP contribution in [0, 0.1) is 11.9 Å². The van der Waals surface area contributed by atoms with Gasteiger partial charge in [0.25, 0.3) is 0 Å². The first-order valence-electron chi connectivity index (χ1n) is 3.29. The lowest BCUT2D eigenvalue weighted by Crippen LogP contribution is -1.99. The molecular weight excluding hydrogens is 141 g/mol. The first-order valence-corrected chi connectivity index (χ1v) is 3.29. The van der Waals surface area contributed by atoms with Crippen LogP contribution in [-0.4, -0.2) is 0 Å². The van der Waals surface area contributed by atoms with E-state index in [0.717, 1.165) is 11.1 Å². The Morgan fingerprint density at radius 1 is 1.55 bits per heavy atom. The summed E-state index contributed by atoms with van der Waals surface area (Å²) in [4.78, 5) is 0. The van der Waals surface area contributed by atoms with Gasteiger partial charge in [0.05, 0.1) is 0 Å². The van der Waals surface area contributed by atoms with E-state index in [4.69, 9.17) is 5.73 Å². The molecule has 1 nitrogen and oxygen atoms in total. The molecule has 0 spiro atoms. The topological polar surface area (TPSA) is 26.0 Å². The molecule has 11 heavy (non-hydrogen) atoms. The van der Waals surface area contributed by atoms with Crippen molar-refractivity contribution >= 4 is 0 Å². The lowest BCUT2D eigenvalue weighted by atomic mass is 10.1. The Morgan fingerprint density at radius 2 is 2.27 bits per heavy atom. The van der Waals surface area contributed by atoms with Gasteiger partial charge in [0, 0.05) is 6.54 Å². The second-order valence-electron chi connectivity index (χ2n) is 2.18. The van der Waals surface area contributed by atoms with E-state index < -0.39 is 0 Å². The summed E-state index contributed by atoms with van der Waals surface area (Å²) in [6.45, 7) is 3.78. The van der Waals surface area contributed by atoms with E-state index in [1.165, 1.54) is 12.1 Å². The van der Waals surface area contributed by atoms with Crippen LogP contribution in [0.2, 0.25) is 0 Å². The van der Waals surface area contributed by atoms with Crippen molar-refractivity contribution in [1.82, 2.24) is 0 Å². The molecular formula is C9H9FN. The molecule has 1 rings (SSSR count). The van der Waals surface area contributed by atoms with E-state index in [-0.39, 0.29) is 5.82 Å². The third-order valence-corrected chi connectivity index (χ3v) is 1.48. The van der Waals surface area contributed by atoms with Crippen molar-refractivity contribution in [2.75, 3.05) is 0 Å². The summed E-state index contributed by atoms with van der Waals surface area (Å²) in [5, 5.41) is 0. The SMILES string of the molecule is C=[C]c1ccc(F)cc1CN. The lowest BCUT2D eigenvalue weighted by molar-refractivity contribution is 0.625. The normalized spacial score (nSPS) is 9.64. The number of nitrogens with two attached hydrogens (primary N) is 1. The van der Waals surface area contributed by atoms with Crippen molar-refractivity contribution in [3.8, 4) is 0 Å². The van der Waals surface area contributed by atoms with E-state index in [0.29, 0.717) is 6.54 Å². The first kappa shape index (κ1) is 7.95. The predicted molar refractivity (Wildman–Crippen MR) is 42.3 cm³/mol. The fourth-order valence-corrected chi connectivity index (χ4v) is 0.904. The minimum atomic E-state index is -0.274. The van der Waals surface area contributed by atoms with E-state index in [1.54, 1.807) is 6.07 Å². The van der Waals surface area contributed by atoms with Gasteiger partial charge in [0.1, 0.15) is 5.82 Å². The highest BCUT2D eigenvalue weighted by Gasteiger charge is 1.98. The van der Waals surface area contributed by atoms with Gasteiger partial charge in [-0.15, -0.1) is 0 Å². The third-order valence-electron chi connectivity index (χ3n) is 1.48. The van der Waals surface area contributed by atoms with Crippen LogP contribution >= 0.6 is 0 Å². The molecule has 1 aromatic carbocycles. The quantitative estimate of drug-likeness (QED) is 0.681. The number of hydrogen-bond donors (Lipinski definition) is 1. The average Bonchev–Trinajstić information content (AvgIpc) is 2.04. The van der Waals surface area contributed by atoms with Crippen LogP contribution in [0.1, 0.15) is 11.1 Å². The van der Waals surface area contributed by atoms with Crippen LogP contribution in [0.25, 0.3) is 0 Å². The minimum absolute atomic E-state index is 0.274. The van der Waals surface area contributed by atoms with Crippen molar-refractivity contribution in [2.24, 2.45) is 5.73 Å². The Labute approximate surface area is 65.3 Å². The first-order chi connectivity index (χ1) is 5.27. The zero-order chi connectivity index (χ0) is 8.27. The smallest absolute Gasteiger partial charge is 0.123 e. The molecule has 57 valence electrons. The van der Waals surface area contributed by atoms with Gasteiger partial charge >= 0.3 is 0 Å². The molecule has 0 aliphatic heterocycles. The van der Waals surface area contributed by atoms with Crippen LogP contribution in [-0.2, 0) is 6.54 Å². The highest BCUT2D eigenvalue weighted by atomic mass is 19.1. The van der Waals surface area contributed by atoms with Gasteiger partial charge in [-0.2, -0.15) is 0 Å². The molecule has 0 aromatic heterocycles. The van der Waals surface area contributed by atoms with E-state index in [1.807, 2.05) is 0 Å². The Kier molecular flexibility index (Phi) is 2.39. The van der Waals surface area contributed by atoms with E-state index in [2.05, 4.69) is 12.7 Å². The van der Waals surface area contributed by atoms with Crippen LogP contribution in [0.3, 0.4) is 0 Å². The maximum atomic E-state index is 12.6. The summed E-state index contributed by atoms with van der Waals surface area (Å²) in [7, 11) is 0. The van der Waals surface area contributed by atoms with Crippen molar-refractivity contribution in [2.45, 2.75) is 6.54 Å². The van der Waals surface area contributed by atoms with Gasteiger partial charge in [-0.25, -0.2) is 4.39 Å². The van der Waals surface area contributed by atoms with Gasteiger partial charge in [-0.05, 0) is 29.3 Å². The van der Waals surface area contributed by atoms with Crippen LogP contribution in [0.15, 0.2) is 24.8 Å². The summed E-state index contributed by atoms with van der Waals surface area (Å²) in [5.74, 6) is -0.274. The predicted octanol–water partition coefficient (Wildman–Crippen LogP) is 1.62. The minimum Gasteiger partial charge on any atom is -0.326 e. The molecule has 0 saturated heterocycles. The number of rotatable bonds is 2. The number of hydrogen-bond acceptors (Lipinski definition) is 1. The molecule has 0 aliphatic rings. The monoisotopic (exact) mass is 150 g/mol. The molecule has 0 saturated carbocycles. The van der Waals surface area contributed by atoms with Crippen LogP contribution in [0.4, 0.5) is 4.39 Å². The summed E-state index contributed by atoms with van der Waals surface area (Å²) in [6.07, 6.45) is 2.68. The molecule has 0 heterocycles. The second-order valence-corrected chi connectivity index (χ2v) is 2.18. The van der Waals surface area contributed by atoms with Gasteiger partial charge in [0.2, 0.25) is 0 Å². The lowest BCUT2D eigenvalue weighted by Gasteiger charge is -2.00. The molecule has 0 bridgehead atoms. The fraction of sp³-hybridized carbons (Fsp3) is 0.111.